The molecule has 1 heterocycles. The number of hydrogen-bond acceptors (Lipinski definition) is 4. The Balaban J connectivity index is 2.46. The van der Waals surface area contributed by atoms with Gasteiger partial charge in [-0.15, -0.1) is 5.10 Å². The molecule has 0 aliphatic rings. The summed E-state index contributed by atoms with van der Waals surface area (Å²) in [4.78, 5) is 13.6. The summed E-state index contributed by atoms with van der Waals surface area (Å²) >= 11 is 0. The van der Waals surface area contributed by atoms with E-state index >= 15 is 0 Å². The van der Waals surface area contributed by atoms with Gasteiger partial charge >= 0.3 is 0 Å². The zero-order valence-corrected chi connectivity index (χ0v) is 11.7. The van der Waals surface area contributed by atoms with Crippen LogP contribution >= 0.6 is 0 Å². The number of carbonyl (C=O) groups is 1. The second-order valence-corrected chi connectivity index (χ2v) is 4.68. The Kier molecular flexibility index (Phi) is 5.77. The van der Waals surface area contributed by atoms with E-state index in [1.807, 2.05) is 20.0 Å². The van der Waals surface area contributed by atoms with Crippen molar-refractivity contribution in [3.05, 3.63) is 11.9 Å². The third-order valence-electron chi connectivity index (χ3n) is 2.78. The molecule has 0 aliphatic carbocycles. The number of aromatic nitrogens is 3. The van der Waals surface area contributed by atoms with E-state index in [1.165, 1.54) is 0 Å². The van der Waals surface area contributed by atoms with Crippen LogP contribution in [-0.2, 0) is 17.9 Å². The first-order chi connectivity index (χ1) is 8.54. The predicted molar refractivity (Wildman–Crippen MR) is 69.9 cm³/mol. The van der Waals surface area contributed by atoms with E-state index in [0.717, 1.165) is 18.7 Å². The summed E-state index contributed by atoms with van der Waals surface area (Å²) in [6.07, 6.45) is 2.90. The maximum absolute atomic E-state index is 11.8. The van der Waals surface area contributed by atoms with Gasteiger partial charge in [0.2, 0.25) is 5.91 Å². The van der Waals surface area contributed by atoms with E-state index in [2.05, 4.69) is 22.6 Å². The largest absolute Gasteiger partial charge is 0.342 e. The Morgan fingerprint density at radius 3 is 2.89 bits per heavy atom. The van der Waals surface area contributed by atoms with E-state index in [9.17, 15) is 4.79 Å². The van der Waals surface area contributed by atoms with Gasteiger partial charge in [-0.3, -0.25) is 4.79 Å². The first-order valence-electron chi connectivity index (χ1n) is 6.40. The van der Waals surface area contributed by atoms with E-state index in [4.69, 9.17) is 0 Å². The molecule has 1 amide bonds. The number of nitrogens with zero attached hydrogens (tertiary/aromatic N) is 4. The molecular weight excluding hydrogens is 230 g/mol. The number of likely N-dealkylation sites (N-methyl/N-ethyl adjacent to an activating group) is 1. The monoisotopic (exact) mass is 253 g/mol. The summed E-state index contributed by atoms with van der Waals surface area (Å²) in [6.45, 7) is 7.99. The van der Waals surface area contributed by atoms with Crippen LogP contribution < -0.4 is 5.32 Å². The summed E-state index contributed by atoms with van der Waals surface area (Å²) in [5.74, 6) is 0.0444. The second kappa shape index (κ2) is 7.10. The highest BCUT2D eigenvalue weighted by molar-refractivity contribution is 5.75. The van der Waals surface area contributed by atoms with Gasteiger partial charge in [0.15, 0.2) is 0 Å². The van der Waals surface area contributed by atoms with Crippen molar-refractivity contribution in [3.63, 3.8) is 0 Å². The predicted octanol–water partition coefficient (Wildman–Crippen LogP) is 0.644. The molecule has 0 aromatic carbocycles. The molecule has 1 aromatic rings. The van der Waals surface area contributed by atoms with Crippen LogP contribution in [-0.4, -0.2) is 45.4 Å². The molecule has 0 radical (unpaired) electrons. The fraction of sp³-hybridized carbons (Fsp3) is 0.750. The third-order valence-corrected chi connectivity index (χ3v) is 2.78. The molecule has 6 heteroatoms. The van der Waals surface area contributed by atoms with Crippen LogP contribution in [0.25, 0.3) is 0 Å². The van der Waals surface area contributed by atoms with Crippen LogP contribution in [0.5, 0.6) is 0 Å². The van der Waals surface area contributed by atoms with Gasteiger partial charge < -0.3 is 10.2 Å². The lowest BCUT2D eigenvalue weighted by Gasteiger charge is -2.20. The highest BCUT2D eigenvalue weighted by Gasteiger charge is 2.13. The fourth-order valence-electron chi connectivity index (χ4n) is 1.43. The molecule has 1 rings (SSSR count). The SMILES string of the molecule is CCCNCc1cn(CC(=O)N(C)C(C)C)nn1. The first kappa shape index (κ1) is 14.6. The lowest BCUT2D eigenvalue weighted by molar-refractivity contribution is -0.132. The van der Waals surface area contributed by atoms with Crippen LogP contribution in [0.2, 0.25) is 0 Å². The summed E-state index contributed by atoms with van der Waals surface area (Å²) in [7, 11) is 1.80. The maximum atomic E-state index is 11.8. The van der Waals surface area contributed by atoms with Crippen molar-refractivity contribution in [1.29, 1.82) is 0 Å². The number of rotatable bonds is 7. The van der Waals surface area contributed by atoms with E-state index in [1.54, 1.807) is 16.6 Å². The average Bonchev–Trinajstić information content (AvgIpc) is 2.76. The lowest BCUT2D eigenvalue weighted by atomic mass is 10.3. The molecule has 0 saturated carbocycles. The van der Waals surface area contributed by atoms with Gasteiger partial charge in [-0.2, -0.15) is 0 Å². The summed E-state index contributed by atoms with van der Waals surface area (Å²) in [6, 6.07) is 0.201. The molecule has 102 valence electrons. The molecule has 0 unspecified atom stereocenters. The molecule has 0 saturated heterocycles. The van der Waals surface area contributed by atoms with Crippen LogP contribution in [0.3, 0.4) is 0 Å². The Morgan fingerprint density at radius 1 is 1.56 bits per heavy atom. The summed E-state index contributed by atoms with van der Waals surface area (Å²) in [5, 5.41) is 11.2. The van der Waals surface area contributed by atoms with E-state index < -0.39 is 0 Å². The highest BCUT2D eigenvalue weighted by Crippen LogP contribution is 1.98. The van der Waals surface area contributed by atoms with Crippen molar-refractivity contribution in [1.82, 2.24) is 25.2 Å². The van der Waals surface area contributed by atoms with Crippen molar-refractivity contribution in [2.24, 2.45) is 0 Å². The highest BCUT2D eigenvalue weighted by atomic mass is 16.2. The maximum Gasteiger partial charge on any atom is 0.244 e. The van der Waals surface area contributed by atoms with Crippen LogP contribution in [0.15, 0.2) is 6.20 Å². The molecule has 0 atom stereocenters. The number of hydrogen-bond donors (Lipinski definition) is 1. The Morgan fingerprint density at radius 2 is 2.28 bits per heavy atom. The van der Waals surface area contributed by atoms with Crippen molar-refractivity contribution >= 4 is 5.91 Å². The lowest BCUT2D eigenvalue weighted by Crippen LogP contribution is -2.35. The Hall–Kier alpha value is -1.43. The van der Waals surface area contributed by atoms with Crippen molar-refractivity contribution in [2.45, 2.75) is 46.3 Å². The van der Waals surface area contributed by atoms with Gasteiger partial charge in [0.25, 0.3) is 0 Å². The van der Waals surface area contributed by atoms with Gasteiger partial charge in [0.1, 0.15) is 6.54 Å². The Labute approximate surface area is 108 Å². The molecule has 0 bridgehead atoms. The second-order valence-electron chi connectivity index (χ2n) is 4.68. The molecule has 18 heavy (non-hydrogen) atoms. The minimum Gasteiger partial charge on any atom is -0.342 e. The molecular formula is C12H23N5O. The first-order valence-corrected chi connectivity index (χ1v) is 6.40. The molecule has 1 aromatic heterocycles. The summed E-state index contributed by atoms with van der Waals surface area (Å²) in [5.41, 5.74) is 0.864. The van der Waals surface area contributed by atoms with E-state index in [-0.39, 0.29) is 18.5 Å². The number of nitrogens with one attached hydrogen (secondary N) is 1. The molecule has 1 N–H and O–H groups in total. The van der Waals surface area contributed by atoms with Crippen molar-refractivity contribution in [2.75, 3.05) is 13.6 Å². The average molecular weight is 253 g/mol. The molecule has 0 fully saturated rings. The minimum absolute atomic E-state index is 0.0444. The van der Waals surface area contributed by atoms with Gasteiger partial charge in [0, 0.05) is 19.6 Å². The third kappa shape index (κ3) is 4.44. The van der Waals surface area contributed by atoms with Gasteiger partial charge in [-0.1, -0.05) is 12.1 Å². The standard InChI is InChI=1S/C12H23N5O/c1-5-6-13-7-11-8-17(15-14-11)9-12(18)16(4)10(2)3/h8,10,13H,5-7,9H2,1-4H3. The quantitative estimate of drug-likeness (QED) is 0.725. The van der Waals surface area contributed by atoms with Crippen molar-refractivity contribution in [3.8, 4) is 0 Å². The van der Waals surface area contributed by atoms with Crippen LogP contribution in [0, 0.1) is 0 Å². The zero-order valence-electron chi connectivity index (χ0n) is 11.7. The van der Waals surface area contributed by atoms with Crippen LogP contribution in [0.4, 0.5) is 0 Å². The summed E-state index contributed by atoms with van der Waals surface area (Å²) < 4.78 is 1.59. The van der Waals surface area contributed by atoms with Gasteiger partial charge in [-0.25, -0.2) is 4.68 Å². The zero-order chi connectivity index (χ0) is 13.5. The molecule has 6 nitrogen and oxygen atoms in total. The normalized spacial score (nSPS) is 10.9. The number of carbonyl (C=O) groups excluding carboxylic acids is 1. The fourth-order valence-corrected chi connectivity index (χ4v) is 1.43. The topological polar surface area (TPSA) is 63.1 Å². The van der Waals surface area contributed by atoms with Crippen molar-refractivity contribution < 1.29 is 4.79 Å². The molecule has 0 spiro atoms. The smallest absolute Gasteiger partial charge is 0.244 e. The van der Waals surface area contributed by atoms with Gasteiger partial charge in [-0.05, 0) is 26.8 Å². The van der Waals surface area contributed by atoms with Gasteiger partial charge in [0.05, 0.1) is 11.9 Å². The van der Waals surface area contributed by atoms with Crippen LogP contribution in [0.1, 0.15) is 32.9 Å². The number of amides is 1. The van der Waals surface area contributed by atoms with E-state index in [0.29, 0.717) is 6.54 Å². The Bertz CT molecular complexity index is 374. The molecule has 0 aliphatic heterocycles. The minimum atomic E-state index is 0.0444.